The third-order valence-electron chi connectivity index (χ3n) is 14.3. The molecule has 6 rings (SSSR count). The topological polar surface area (TPSA) is 88.0 Å². The minimum atomic E-state index is -0.519. The minimum absolute atomic E-state index is 0.0205. The Morgan fingerprint density at radius 1 is 1.00 bits per heavy atom. The lowest BCUT2D eigenvalue weighted by atomic mass is 9.41. The Bertz CT molecular complexity index is 983. The summed E-state index contributed by atoms with van der Waals surface area (Å²) in [7, 11) is 1.59. The molecule has 6 aliphatic rings. The predicted molar refractivity (Wildman–Crippen MR) is 146 cm³/mol. The first-order valence-corrected chi connectivity index (χ1v) is 15.6. The van der Waals surface area contributed by atoms with E-state index in [-0.39, 0.29) is 46.6 Å². The highest BCUT2D eigenvalue weighted by atomic mass is 16.6. The Labute approximate surface area is 230 Å². The fourth-order valence-electron chi connectivity index (χ4n) is 12.4. The molecule has 1 amide bonds. The van der Waals surface area contributed by atoms with Crippen molar-refractivity contribution in [3.05, 3.63) is 0 Å². The number of fused-ring (bicyclic) bond motifs is 4. The van der Waals surface area contributed by atoms with Gasteiger partial charge in [0.2, 0.25) is 0 Å². The lowest BCUT2D eigenvalue weighted by Crippen LogP contribution is -2.59. The van der Waals surface area contributed by atoms with Crippen LogP contribution in [-0.2, 0) is 9.47 Å². The number of aliphatic hydroxyl groups excluding tert-OH is 2. The molecule has 1 saturated heterocycles. The maximum absolute atomic E-state index is 12.4. The van der Waals surface area contributed by atoms with Gasteiger partial charge in [0.05, 0.1) is 24.4 Å². The summed E-state index contributed by atoms with van der Waals surface area (Å²) < 4.78 is 12.7. The van der Waals surface area contributed by atoms with E-state index >= 15 is 0 Å². The molecular weight excluding hydrogens is 478 g/mol. The van der Waals surface area contributed by atoms with Crippen molar-refractivity contribution in [3.8, 4) is 0 Å². The molecule has 2 spiro atoms. The van der Waals surface area contributed by atoms with E-state index in [1.165, 1.54) is 19.3 Å². The average Bonchev–Trinajstić information content (AvgIpc) is 3.49. The van der Waals surface area contributed by atoms with Crippen LogP contribution in [0.3, 0.4) is 0 Å². The van der Waals surface area contributed by atoms with Gasteiger partial charge >= 0.3 is 6.09 Å². The summed E-state index contributed by atoms with van der Waals surface area (Å²) in [6.45, 7) is 16.0. The molecule has 216 valence electrons. The van der Waals surface area contributed by atoms with E-state index in [2.05, 4.69) is 53.8 Å². The summed E-state index contributed by atoms with van der Waals surface area (Å²) in [5.41, 5.74) is 0.440. The molecule has 0 aromatic carbocycles. The van der Waals surface area contributed by atoms with Crippen molar-refractivity contribution < 1.29 is 24.5 Å². The van der Waals surface area contributed by atoms with Crippen molar-refractivity contribution in [1.82, 2.24) is 5.32 Å². The van der Waals surface area contributed by atoms with Crippen LogP contribution < -0.4 is 5.32 Å². The molecule has 0 aromatic heterocycles. The van der Waals surface area contributed by atoms with Gasteiger partial charge in [-0.3, -0.25) is 0 Å². The van der Waals surface area contributed by atoms with Crippen LogP contribution in [0.4, 0.5) is 4.79 Å². The second-order valence-corrected chi connectivity index (χ2v) is 15.9. The van der Waals surface area contributed by atoms with E-state index in [4.69, 9.17) is 9.47 Å². The molecule has 3 N–H and O–H groups in total. The number of ether oxygens (including phenoxy) is 2. The molecule has 5 saturated carbocycles. The second-order valence-electron chi connectivity index (χ2n) is 15.9. The smallest absolute Gasteiger partial charge is 0.407 e. The molecule has 6 heteroatoms. The first-order valence-electron chi connectivity index (χ1n) is 15.6. The molecule has 6 nitrogen and oxygen atoms in total. The van der Waals surface area contributed by atoms with E-state index in [0.29, 0.717) is 34.5 Å². The van der Waals surface area contributed by atoms with Crippen molar-refractivity contribution in [3.63, 3.8) is 0 Å². The maximum atomic E-state index is 12.4. The zero-order valence-electron chi connectivity index (χ0n) is 25.0. The predicted octanol–water partition coefficient (Wildman–Crippen LogP) is 5.54. The van der Waals surface area contributed by atoms with Crippen LogP contribution in [0.25, 0.3) is 0 Å². The second kappa shape index (κ2) is 8.35. The van der Waals surface area contributed by atoms with E-state index in [9.17, 15) is 15.0 Å². The number of amides is 1. The van der Waals surface area contributed by atoms with Gasteiger partial charge in [0.15, 0.2) is 0 Å². The summed E-state index contributed by atoms with van der Waals surface area (Å²) in [5, 5.41) is 25.9. The highest BCUT2D eigenvalue weighted by Crippen LogP contribution is 2.89. The summed E-state index contributed by atoms with van der Waals surface area (Å²) in [6, 6.07) is 0. The van der Waals surface area contributed by atoms with Crippen LogP contribution in [0.5, 0.6) is 0 Å². The monoisotopic (exact) mass is 531 g/mol. The highest BCUT2D eigenvalue weighted by molar-refractivity contribution is 5.66. The Balaban J connectivity index is 1.33. The molecular formula is C32H53NO5. The molecule has 6 fully saturated rings. The molecule has 1 heterocycles. The van der Waals surface area contributed by atoms with Gasteiger partial charge in [0, 0.05) is 12.5 Å². The van der Waals surface area contributed by atoms with Crippen LogP contribution in [0.15, 0.2) is 0 Å². The molecule has 7 unspecified atom stereocenters. The zero-order valence-corrected chi connectivity index (χ0v) is 25.0. The number of alkyl carbamates (subject to hydrolysis) is 1. The number of nitrogens with one attached hydrogen (secondary N) is 1. The Morgan fingerprint density at radius 3 is 2.32 bits per heavy atom. The van der Waals surface area contributed by atoms with Crippen molar-refractivity contribution in [2.24, 2.45) is 56.7 Å². The van der Waals surface area contributed by atoms with Gasteiger partial charge in [-0.1, -0.05) is 48.5 Å². The maximum Gasteiger partial charge on any atom is 0.407 e. The zero-order chi connectivity index (χ0) is 27.6. The number of hydrogen-bond donors (Lipinski definition) is 3. The van der Waals surface area contributed by atoms with Gasteiger partial charge in [0.1, 0.15) is 6.10 Å². The number of hydrogen-bond acceptors (Lipinski definition) is 5. The first-order chi connectivity index (χ1) is 17.7. The van der Waals surface area contributed by atoms with E-state index in [1.807, 2.05) is 0 Å². The van der Waals surface area contributed by atoms with Crippen LogP contribution in [0, 0.1) is 56.7 Å². The van der Waals surface area contributed by atoms with Gasteiger partial charge in [-0.25, -0.2) is 4.79 Å². The summed E-state index contributed by atoms with van der Waals surface area (Å²) in [6.07, 6.45) is 7.03. The Kier molecular flexibility index (Phi) is 6.00. The van der Waals surface area contributed by atoms with Crippen LogP contribution >= 0.6 is 0 Å². The quantitative estimate of drug-likeness (QED) is 0.445. The fraction of sp³-hybridized carbons (Fsp3) is 0.969. The van der Waals surface area contributed by atoms with Crippen LogP contribution in [-0.4, -0.2) is 53.9 Å². The third-order valence-corrected chi connectivity index (χ3v) is 14.3. The summed E-state index contributed by atoms with van der Waals surface area (Å²) in [4.78, 5) is 12.2. The van der Waals surface area contributed by atoms with Gasteiger partial charge in [-0.15, -0.1) is 0 Å². The summed E-state index contributed by atoms with van der Waals surface area (Å²) in [5.74, 6) is 1.90. The van der Waals surface area contributed by atoms with E-state index in [0.717, 1.165) is 32.1 Å². The molecule has 38 heavy (non-hydrogen) atoms. The molecule has 0 radical (unpaired) electrons. The number of carbonyl (C=O) groups is 1. The third kappa shape index (κ3) is 3.09. The van der Waals surface area contributed by atoms with Crippen molar-refractivity contribution in [2.45, 2.75) is 130 Å². The van der Waals surface area contributed by atoms with Crippen LogP contribution in [0.1, 0.15) is 99.8 Å². The molecule has 13 atom stereocenters. The number of aliphatic hydroxyl groups is 2. The minimum Gasteiger partial charge on any atom is -0.443 e. The average molecular weight is 532 g/mol. The largest absolute Gasteiger partial charge is 0.443 e. The van der Waals surface area contributed by atoms with E-state index < -0.39 is 12.2 Å². The number of rotatable bonds is 3. The van der Waals surface area contributed by atoms with Crippen LogP contribution in [0.2, 0.25) is 0 Å². The van der Waals surface area contributed by atoms with Gasteiger partial charge in [-0.2, -0.15) is 0 Å². The standard InChI is InChI=1S/C32H53NO5/c1-17(2)24(38-27(36)33-8)19-15-18(3)23-25(37-19)26(35)30(7)21-10-9-20-28(4,5)22(34)11-12-31(20)16-32(21,31)14-13-29(23,30)6/h17-26,34-35H,9-16H2,1-8H3,(H,33,36)/t18-,19+,20+,21?,22?,23+,24?,25?,26+,29?,30-,31?,32?/m1/s1. The Hall–Kier alpha value is -0.850. The normalized spacial score (nSPS) is 55.0. The van der Waals surface area contributed by atoms with E-state index in [1.54, 1.807) is 7.05 Å². The fourth-order valence-corrected chi connectivity index (χ4v) is 12.4. The molecule has 0 bridgehead atoms. The SMILES string of the molecule is CNC(=O)OC(C(C)C)[C@@H]1C[C@@H](C)[C@H]2C(O1)[C@H](O)[C@@]1(C)C3CC[C@H]4C(C)(C)C(O)CCC45CC35CCC21C. The van der Waals surface area contributed by atoms with Crippen molar-refractivity contribution >= 4 is 6.09 Å². The van der Waals surface area contributed by atoms with Crippen molar-refractivity contribution in [1.29, 1.82) is 0 Å². The first kappa shape index (κ1) is 27.3. The lowest BCUT2D eigenvalue weighted by molar-refractivity contribution is -0.184. The molecule has 0 aromatic rings. The van der Waals surface area contributed by atoms with Gasteiger partial charge in [-0.05, 0) is 103 Å². The lowest BCUT2D eigenvalue weighted by Gasteiger charge is -2.63. The highest BCUT2D eigenvalue weighted by Gasteiger charge is 2.84. The van der Waals surface area contributed by atoms with Crippen molar-refractivity contribution in [2.75, 3.05) is 7.05 Å². The molecule has 5 aliphatic carbocycles. The Morgan fingerprint density at radius 2 is 1.66 bits per heavy atom. The summed E-state index contributed by atoms with van der Waals surface area (Å²) >= 11 is 0. The molecule has 1 aliphatic heterocycles. The van der Waals surface area contributed by atoms with Gasteiger partial charge in [0.25, 0.3) is 0 Å². The number of carbonyl (C=O) groups excluding carboxylic acids is 1. The van der Waals surface area contributed by atoms with Gasteiger partial charge < -0.3 is 25.0 Å².